The average molecular weight is 387 g/mol. The molecule has 0 saturated carbocycles. The normalized spacial score (nSPS) is 18.4. The highest BCUT2D eigenvalue weighted by Crippen LogP contribution is 2.19. The zero-order valence-corrected chi connectivity index (χ0v) is 16.2. The van der Waals surface area contributed by atoms with Gasteiger partial charge in [0, 0.05) is 29.7 Å². The van der Waals surface area contributed by atoms with E-state index >= 15 is 0 Å². The number of carbonyl (C=O) groups is 1. The van der Waals surface area contributed by atoms with Gasteiger partial charge in [0.05, 0.1) is 6.04 Å². The fourth-order valence-electron chi connectivity index (χ4n) is 3.52. The van der Waals surface area contributed by atoms with Crippen LogP contribution >= 0.6 is 24.8 Å². The highest BCUT2D eigenvalue weighted by atomic mass is 35.5. The van der Waals surface area contributed by atoms with Gasteiger partial charge in [0.2, 0.25) is 5.91 Å². The van der Waals surface area contributed by atoms with Crippen LogP contribution in [0.25, 0.3) is 10.9 Å². The van der Waals surface area contributed by atoms with Crippen molar-refractivity contribution in [3.05, 3.63) is 36.0 Å². The quantitative estimate of drug-likeness (QED) is 0.713. The van der Waals surface area contributed by atoms with E-state index in [-0.39, 0.29) is 30.7 Å². The number of amides is 1. The third kappa shape index (κ3) is 5.11. The third-order valence-corrected chi connectivity index (χ3v) is 4.87. The zero-order valence-electron chi connectivity index (χ0n) is 14.5. The first-order valence-electron chi connectivity index (χ1n) is 8.51. The highest BCUT2D eigenvalue weighted by Gasteiger charge is 2.24. The van der Waals surface area contributed by atoms with E-state index < -0.39 is 6.04 Å². The molecular formula is C18H28Cl2N4O. The number of nitrogens with zero attached hydrogens (tertiary/aromatic N) is 1. The summed E-state index contributed by atoms with van der Waals surface area (Å²) in [6.45, 7) is 5.05. The van der Waals surface area contributed by atoms with Crippen LogP contribution in [0.5, 0.6) is 0 Å². The molecule has 1 aliphatic heterocycles. The van der Waals surface area contributed by atoms with E-state index in [0.717, 1.165) is 36.0 Å². The van der Waals surface area contributed by atoms with Gasteiger partial charge in [0.25, 0.3) is 0 Å². The second kappa shape index (κ2) is 10.0. The van der Waals surface area contributed by atoms with E-state index in [1.54, 1.807) is 0 Å². The molecule has 2 aromatic rings. The maximum absolute atomic E-state index is 12.3. The molecule has 1 aromatic carbocycles. The Labute approximate surface area is 161 Å². The summed E-state index contributed by atoms with van der Waals surface area (Å²) in [6.07, 6.45) is 4.88. The number of fused-ring (bicyclic) bond motifs is 1. The molecule has 1 aromatic heterocycles. The molecular weight excluding hydrogens is 359 g/mol. The SMILES string of the molecule is CCN1CCCC1CNC(=O)[C@@H](N)Cc1c[nH]c2ccccc12.Cl.Cl. The average Bonchev–Trinajstić information content (AvgIpc) is 3.19. The molecule has 7 heteroatoms. The molecule has 0 radical (unpaired) electrons. The van der Waals surface area contributed by atoms with Crippen molar-refractivity contribution in [2.45, 2.75) is 38.3 Å². The molecule has 1 amide bonds. The number of rotatable bonds is 6. The Morgan fingerprint density at radius 2 is 2.16 bits per heavy atom. The van der Waals surface area contributed by atoms with Crippen molar-refractivity contribution in [3.8, 4) is 0 Å². The van der Waals surface area contributed by atoms with Crippen molar-refractivity contribution < 1.29 is 4.79 Å². The molecule has 4 N–H and O–H groups in total. The maximum atomic E-state index is 12.3. The first kappa shape index (κ1) is 21.8. The van der Waals surface area contributed by atoms with Crippen molar-refractivity contribution >= 4 is 41.6 Å². The lowest BCUT2D eigenvalue weighted by Crippen LogP contribution is -2.47. The molecule has 1 fully saturated rings. The van der Waals surface area contributed by atoms with Gasteiger partial charge in [-0.05, 0) is 44.0 Å². The van der Waals surface area contributed by atoms with E-state index in [1.165, 1.54) is 6.42 Å². The van der Waals surface area contributed by atoms with Gasteiger partial charge in [-0.25, -0.2) is 0 Å². The fourth-order valence-corrected chi connectivity index (χ4v) is 3.52. The number of halogens is 2. The lowest BCUT2D eigenvalue weighted by atomic mass is 10.0. The van der Waals surface area contributed by atoms with Gasteiger partial charge >= 0.3 is 0 Å². The molecule has 5 nitrogen and oxygen atoms in total. The van der Waals surface area contributed by atoms with E-state index in [9.17, 15) is 4.79 Å². The Bertz CT molecular complexity index is 676. The second-order valence-corrected chi connectivity index (χ2v) is 6.34. The van der Waals surface area contributed by atoms with Crippen LogP contribution in [-0.4, -0.2) is 47.5 Å². The standard InChI is InChI=1S/C18H26N4O.2ClH/c1-2-22-9-5-6-14(22)12-21-18(23)16(19)10-13-11-20-17-8-4-3-7-15(13)17;;/h3-4,7-8,11,14,16,20H,2,5-6,9-10,12,19H2,1H3,(H,21,23);2*1H/t14?,16-;;/m0../s1. The number of aromatic nitrogens is 1. The van der Waals surface area contributed by atoms with Crippen molar-refractivity contribution in [2.75, 3.05) is 19.6 Å². The maximum Gasteiger partial charge on any atom is 0.237 e. The monoisotopic (exact) mass is 386 g/mol. The number of hydrogen-bond donors (Lipinski definition) is 3. The molecule has 1 saturated heterocycles. The van der Waals surface area contributed by atoms with E-state index in [2.05, 4.69) is 28.2 Å². The summed E-state index contributed by atoms with van der Waals surface area (Å²) in [5.41, 5.74) is 8.29. The summed E-state index contributed by atoms with van der Waals surface area (Å²) in [7, 11) is 0. The number of hydrogen-bond acceptors (Lipinski definition) is 3. The van der Waals surface area contributed by atoms with Gasteiger partial charge in [0.1, 0.15) is 0 Å². The van der Waals surface area contributed by atoms with Gasteiger partial charge in [-0.2, -0.15) is 0 Å². The summed E-state index contributed by atoms with van der Waals surface area (Å²) >= 11 is 0. The van der Waals surface area contributed by atoms with Gasteiger partial charge in [-0.1, -0.05) is 25.1 Å². The van der Waals surface area contributed by atoms with Crippen LogP contribution < -0.4 is 11.1 Å². The van der Waals surface area contributed by atoms with Crippen molar-refractivity contribution in [2.24, 2.45) is 5.73 Å². The minimum Gasteiger partial charge on any atom is -0.361 e. The summed E-state index contributed by atoms with van der Waals surface area (Å²) in [5, 5.41) is 4.18. The molecule has 1 aliphatic rings. The minimum atomic E-state index is -0.509. The summed E-state index contributed by atoms with van der Waals surface area (Å²) in [5.74, 6) is -0.0572. The molecule has 3 rings (SSSR count). The molecule has 1 unspecified atom stereocenters. The van der Waals surface area contributed by atoms with Crippen molar-refractivity contribution in [1.82, 2.24) is 15.2 Å². The number of benzene rings is 1. The van der Waals surface area contributed by atoms with Crippen LogP contribution in [0, 0.1) is 0 Å². The third-order valence-electron chi connectivity index (χ3n) is 4.87. The minimum absolute atomic E-state index is 0. The first-order chi connectivity index (χ1) is 11.2. The Morgan fingerprint density at radius 3 is 2.92 bits per heavy atom. The van der Waals surface area contributed by atoms with Crippen LogP contribution in [0.4, 0.5) is 0 Å². The fraction of sp³-hybridized carbons (Fsp3) is 0.500. The summed E-state index contributed by atoms with van der Waals surface area (Å²) in [4.78, 5) is 17.9. The predicted octanol–water partition coefficient (Wildman–Crippen LogP) is 2.48. The van der Waals surface area contributed by atoms with Gasteiger partial charge in [-0.15, -0.1) is 24.8 Å². The summed E-state index contributed by atoms with van der Waals surface area (Å²) < 4.78 is 0. The lowest BCUT2D eigenvalue weighted by Gasteiger charge is -2.23. The van der Waals surface area contributed by atoms with Crippen molar-refractivity contribution in [3.63, 3.8) is 0 Å². The zero-order chi connectivity index (χ0) is 16.2. The molecule has 140 valence electrons. The number of H-pyrrole nitrogens is 1. The molecule has 0 bridgehead atoms. The van der Waals surface area contributed by atoms with Crippen LogP contribution in [0.2, 0.25) is 0 Å². The van der Waals surface area contributed by atoms with E-state index in [4.69, 9.17) is 5.73 Å². The Morgan fingerprint density at radius 1 is 1.40 bits per heavy atom. The van der Waals surface area contributed by atoms with Gasteiger partial charge in [-0.3, -0.25) is 9.69 Å². The molecule has 0 aliphatic carbocycles. The highest BCUT2D eigenvalue weighted by molar-refractivity contribution is 5.86. The largest absolute Gasteiger partial charge is 0.361 e. The van der Waals surface area contributed by atoms with Crippen LogP contribution in [-0.2, 0) is 11.2 Å². The first-order valence-corrected chi connectivity index (χ1v) is 8.51. The molecule has 2 heterocycles. The number of likely N-dealkylation sites (N-methyl/N-ethyl adjacent to an activating group) is 1. The number of likely N-dealkylation sites (tertiary alicyclic amines) is 1. The number of carbonyl (C=O) groups excluding carboxylic acids is 1. The number of nitrogens with one attached hydrogen (secondary N) is 2. The number of nitrogens with two attached hydrogens (primary N) is 1. The molecule has 25 heavy (non-hydrogen) atoms. The molecule has 2 atom stereocenters. The summed E-state index contributed by atoms with van der Waals surface area (Å²) in [6, 6.07) is 8.05. The Balaban J connectivity index is 0.00000156. The number of para-hydroxylation sites is 1. The number of aromatic amines is 1. The Hall–Kier alpha value is -1.27. The van der Waals surface area contributed by atoms with Crippen LogP contribution in [0.15, 0.2) is 30.5 Å². The van der Waals surface area contributed by atoms with Crippen LogP contribution in [0.3, 0.4) is 0 Å². The van der Waals surface area contributed by atoms with Gasteiger partial charge < -0.3 is 16.0 Å². The predicted molar refractivity (Wildman–Crippen MR) is 108 cm³/mol. The lowest BCUT2D eigenvalue weighted by molar-refractivity contribution is -0.122. The van der Waals surface area contributed by atoms with Crippen molar-refractivity contribution in [1.29, 1.82) is 0 Å². The molecule has 0 spiro atoms. The van der Waals surface area contributed by atoms with E-state index in [1.807, 2.05) is 24.4 Å². The van der Waals surface area contributed by atoms with Gasteiger partial charge in [0.15, 0.2) is 0 Å². The smallest absolute Gasteiger partial charge is 0.237 e. The second-order valence-electron chi connectivity index (χ2n) is 6.34. The Kier molecular flexibility index (Phi) is 8.73. The van der Waals surface area contributed by atoms with E-state index in [0.29, 0.717) is 19.0 Å². The van der Waals surface area contributed by atoms with Crippen LogP contribution in [0.1, 0.15) is 25.3 Å². The topological polar surface area (TPSA) is 74.2 Å².